The molecule has 0 saturated heterocycles. The molecule has 0 bridgehead atoms. The van der Waals surface area contributed by atoms with E-state index < -0.39 is 15.8 Å². The third kappa shape index (κ3) is 5.52. The van der Waals surface area contributed by atoms with Gasteiger partial charge in [-0.1, -0.05) is 48.7 Å². The molecule has 29 heavy (non-hydrogen) atoms. The number of benzene rings is 2. The van der Waals surface area contributed by atoms with Crippen molar-refractivity contribution >= 4 is 21.7 Å². The summed E-state index contributed by atoms with van der Waals surface area (Å²) >= 11 is 0. The molecule has 1 aliphatic rings. The summed E-state index contributed by atoms with van der Waals surface area (Å²) in [7, 11) is -3.23. The van der Waals surface area contributed by atoms with Crippen molar-refractivity contribution in [2.75, 3.05) is 0 Å². The van der Waals surface area contributed by atoms with Gasteiger partial charge in [-0.15, -0.1) is 4.36 Å². The van der Waals surface area contributed by atoms with E-state index in [1.165, 1.54) is 6.92 Å². The molecule has 0 spiro atoms. The van der Waals surface area contributed by atoms with Crippen molar-refractivity contribution in [3.05, 3.63) is 65.7 Å². The first kappa shape index (κ1) is 21.2. The van der Waals surface area contributed by atoms with Crippen molar-refractivity contribution in [1.82, 2.24) is 10.0 Å². The zero-order chi connectivity index (χ0) is 20.9. The lowest BCUT2D eigenvalue weighted by molar-refractivity contribution is -0.120. The average molecular weight is 414 g/mol. The van der Waals surface area contributed by atoms with Crippen molar-refractivity contribution in [2.45, 2.75) is 56.5 Å². The smallest absolute Gasteiger partial charge is 0.286 e. The molecule has 0 aliphatic heterocycles. The predicted octanol–water partition coefficient (Wildman–Crippen LogP) is 3.61. The van der Waals surface area contributed by atoms with Crippen LogP contribution in [0, 0.1) is 6.92 Å². The number of carbonyl (C=O) groups is 2. The lowest BCUT2D eigenvalue weighted by atomic mass is 9.91. The lowest BCUT2D eigenvalue weighted by Gasteiger charge is -2.33. The van der Waals surface area contributed by atoms with Gasteiger partial charge in [0.05, 0.1) is 4.90 Å². The molecule has 3 rings (SSSR count). The van der Waals surface area contributed by atoms with Gasteiger partial charge in [0.2, 0.25) is 5.91 Å². The Labute approximate surface area is 172 Å². The standard InChI is InChI=1S/C22H27N3O3S/c1-16-12-14-19(15-13-16)29(28,25-22(27)18-8-4-3-5-9-18)24-21-11-7-6-10-20(21)23-17(2)26/h3-5,8-9,12-15,20-21H,6-7,10-11H2,1-2H3,(H,23,26)(H,24,25,27,28)/t20-,21-,29?/m1/s1. The quantitative estimate of drug-likeness (QED) is 0.785. The topological polar surface area (TPSA) is 87.6 Å². The van der Waals surface area contributed by atoms with Crippen LogP contribution in [-0.4, -0.2) is 28.1 Å². The highest BCUT2D eigenvalue weighted by molar-refractivity contribution is 7.92. The maximum Gasteiger partial charge on any atom is 0.286 e. The molecule has 1 unspecified atom stereocenters. The second-order valence-corrected chi connectivity index (χ2v) is 9.36. The van der Waals surface area contributed by atoms with Crippen LogP contribution in [-0.2, 0) is 14.7 Å². The third-order valence-electron chi connectivity index (χ3n) is 5.04. The van der Waals surface area contributed by atoms with Crippen LogP contribution < -0.4 is 10.0 Å². The van der Waals surface area contributed by atoms with Gasteiger partial charge in [-0.25, -0.2) is 8.93 Å². The van der Waals surface area contributed by atoms with Crippen molar-refractivity contribution < 1.29 is 13.8 Å². The summed E-state index contributed by atoms with van der Waals surface area (Å²) in [5.41, 5.74) is 1.41. The summed E-state index contributed by atoms with van der Waals surface area (Å²) in [5.74, 6) is -0.654. The number of amides is 2. The van der Waals surface area contributed by atoms with Crippen LogP contribution in [0.15, 0.2) is 63.9 Å². The van der Waals surface area contributed by atoms with Crippen molar-refractivity contribution in [1.29, 1.82) is 0 Å². The number of hydrogen-bond donors (Lipinski definition) is 2. The van der Waals surface area contributed by atoms with Crippen LogP contribution in [0.2, 0.25) is 0 Å². The number of carbonyl (C=O) groups excluding carboxylic acids is 2. The number of aryl methyl sites for hydroxylation is 1. The molecule has 154 valence electrons. The summed E-state index contributed by atoms with van der Waals surface area (Å²) < 4.78 is 21.3. The molecule has 3 atom stereocenters. The average Bonchev–Trinajstić information content (AvgIpc) is 2.70. The van der Waals surface area contributed by atoms with Gasteiger partial charge < -0.3 is 5.32 Å². The fraction of sp³-hybridized carbons (Fsp3) is 0.364. The SMILES string of the molecule is CC(=O)N[C@@H]1CCCC[C@H]1NS(=O)(=NC(=O)c1ccccc1)c1ccc(C)cc1. The van der Waals surface area contributed by atoms with Gasteiger partial charge in [0.15, 0.2) is 0 Å². The number of nitrogens with zero attached hydrogens (tertiary/aromatic N) is 1. The maximum atomic E-state index is 14.0. The minimum atomic E-state index is -3.23. The van der Waals surface area contributed by atoms with E-state index in [4.69, 9.17) is 0 Å². The Balaban J connectivity index is 1.99. The fourth-order valence-corrected chi connectivity index (χ4v) is 5.36. The predicted molar refractivity (Wildman–Crippen MR) is 114 cm³/mol. The second-order valence-electron chi connectivity index (χ2n) is 7.42. The minimum Gasteiger partial charge on any atom is -0.352 e. The molecule has 1 saturated carbocycles. The summed E-state index contributed by atoms with van der Waals surface area (Å²) in [6.45, 7) is 3.42. The van der Waals surface area contributed by atoms with Crippen LogP contribution in [0.5, 0.6) is 0 Å². The van der Waals surface area contributed by atoms with Gasteiger partial charge in [0, 0.05) is 24.6 Å². The Morgan fingerprint density at radius 3 is 2.21 bits per heavy atom. The molecule has 0 radical (unpaired) electrons. The van der Waals surface area contributed by atoms with Gasteiger partial charge in [0.1, 0.15) is 9.92 Å². The molecule has 2 aromatic carbocycles. The maximum absolute atomic E-state index is 14.0. The van der Waals surface area contributed by atoms with E-state index in [2.05, 4.69) is 14.4 Å². The first-order chi connectivity index (χ1) is 13.9. The van der Waals surface area contributed by atoms with E-state index >= 15 is 0 Å². The summed E-state index contributed by atoms with van der Waals surface area (Å²) in [6.07, 6.45) is 3.51. The molecule has 2 amide bonds. The van der Waals surface area contributed by atoms with Crippen LogP contribution >= 0.6 is 0 Å². The van der Waals surface area contributed by atoms with Crippen LogP contribution in [0.3, 0.4) is 0 Å². The highest BCUT2D eigenvalue weighted by Gasteiger charge is 2.30. The summed E-state index contributed by atoms with van der Waals surface area (Å²) in [5, 5.41) is 2.95. The second kappa shape index (κ2) is 9.33. The molecular formula is C22H27N3O3S. The zero-order valence-corrected chi connectivity index (χ0v) is 17.6. The van der Waals surface area contributed by atoms with E-state index in [0.717, 1.165) is 31.2 Å². The largest absolute Gasteiger partial charge is 0.352 e. The molecule has 0 heterocycles. The normalized spacial score (nSPS) is 21.0. The fourth-order valence-electron chi connectivity index (χ4n) is 3.53. The van der Waals surface area contributed by atoms with E-state index in [-0.39, 0.29) is 18.0 Å². The highest BCUT2D eigenvalue weighted by Crippen LogP contribution is 2.23. The lowest BCUT2D eigenvalue weighted by Crippen LogP contribution is -2.52. The molecule has 1 aliphatic carbocycles. The van der Waals surface area contributed by atoms with Crippen LogP contribution in [0.1, 0.15) is 48.5 Å². The number of nitrogens with one attached hydrogen (secondary N) is 2. The molecule has 2 aromatic rings. The Morgan fingerprint density at radius 1 is 0.966 bits per heavy atom. The molecule has 2 N–H and O–H groups in total. The molecule has 0 aromatic heterocycles. The molecule has 7 heteroatoms. The highest BCUT2D eigenvalue weighted by atomic mass is 32.2. The number of rotatable bonds is 5. The third-order valence-corrected chi connectivity index (χ3v) is 6.99. The minimum absolute atomic E-state index is 0.122. The summed E-state index contributed by atoms with van der Waals surface area (Å²) in [4.78, 5) is 24.8. The van der Waals surface area contributed by atoms with Gasteiger partial charge in [0.25, 0.3) is 5.91 Å². The van der Waals surface area contributed by atoms with E-state index in [1.54, 1.807) is 36.4 Å². The molecule has 6 nitrogen and oxygen atoms in total. The Morgan fingerprint density at radius 2 is 1.59 bits per heavy atom. The number of hydrogen-bond acceptors (Lipinski definition) is 3. The Kier molecular flexibility index (Phi) is 6.82. The Bertz CT molecular complexity index is 980. The van der Waals surface area contributed by atoms with E-state index in [0.29, 0.717) is 10.5 Å². The van der Waals surface area contributed by atoms with Gasteiger partial charge in [-0.3, -0.25) is 9.59 Å². The first-order valence-corrected chi connectivity index (χ1v) is 11.4. The van der Waals surface area contributed by atoms with Gasteiger partial charge in [-0.05, 0) is 44.0 Å². The zero-order valence-electron chi connectivity index (χ0n) is 16.8. The van der Waals surface area contributed by atoms with Crippen molar-refractivity contribution in [3.63, 3.8) is 0 Å². The monoisotopic (exact) mass is 413 g/mol. The van der Waals surface area contributed by atoms with Crippen LogP contribution in [0.25, 0.3) is 0 Å². The van der Waals surface area contributed by atoms with Crippen molar-refractivity contribution in [2.24, 2.45) is 4.36 Å². The van der Waals surface area contributed by atoms with E-state index in [9.17, 15) is 13.8 Å². The summed E-state index contributed by atoms with van der Waals surface area (Å²) in [6, 6.07) is 15.4. The first-order valence-electron chi connectivity index (χ1n) is 9.85. The van der Waals surface area contributed by atoms with Crippen molar-refractivity contribution in [3.8, 4) is 0 Å². The Hall–Kier alpha value is -2.51. The van der Waals surface area contributed by atoms with E-state index in [1.807, 2.05) is 25.1 Å². The van der Waals surface area contributed by atoms with Crippen LogP contribution in [0.4, 0.5) is 0 Å². The molecule has 1 fully saturated rings. The van der Waals surface area contributed by atoms with Gasteiger partial charge in [-0.2, -0.15) is 0 Å². The molecular weight excluding hydrogens is 386 g/mol. The van der Waals surface area contributed by atoms with Gasteiger partial charge >= 0.3 is 0 Å².